The first-order valence-electron chi connectivity index (χ1n) is 12.5. The molecule has 3 nitrogen and oxygen atoms in total. The SMILES string of the molecule is CCCCCCCCCCCCCCCCCCn1cc[n+](CCCO)c1C. The molecular weight excluding hydrogens is 344 g/mol. The number of aryl methyl sites for hydroxylation is 2. The zero-order valence-electron chi connectivity index (χ0n) is 19.1. The number of aliphatic hydroxyl groups is 1. The molecule has 0 aromatic carbocycles. The number of hydrogen-bond acceptors (Lipinski definition) is 1. The molecule has 0 saturated heterocycles. The highest BCUT2D eigenvalue weighted by Gasteiger charge is 2.10. The van der Waals surface area contributed by atoms with Crippen LogP contribution in [0, 0.1) is 6.92 Å². The number of aliphatic hydroxyl groups excluding tert-OH is 1. The van der Waals surface area contributed by atoms with Crippen LogP contribution >= 0.6 is 0 Å². The standard InChI is InChI=1S/C25H49N2O/c1-3-4-5-6-7-8-9-10-11-12-13-14-15-16-17-18-20-26-22-23-27(25(26)2)21-19-24-28/h22-23,28H,3-21,24H2,1-2H3/q+1. The summed E-state index contributed by atoms with van der Waals surface area (Å²) in [4.78, 5) is 0. The average molecular weight is 394 g/mol. The highest BCUT2D eigenvalue weighted by molar-refractivity contribution is 4.79. The zero-order valence-corrected chi connectivity index (χ0v) is 19.1. The Morgan fingerprint density at radius 2 is 1.18 bits per heavy atom. The summed E-state index contributed by atoms with van der Waals surface area (Å²) in [5.74, 6) is 1.31. The zero-order chi connectivity index (χ0) is 20.3. The molecule has 0 aliphatic heterocycles. The van der Waals surface area contributed by atoms with Crippen molar-refractivity contribution in [1.82, 2.24) is 4.57 Å². The van der Waals surface area contributed by atoms with E-state index in [1.165, 1.54) is 109 Å². The largest absolute Gasteiger partial charge is 0.396 e. The lowest BCUT2D eigenvalue weighted by molar-refractivity contribution is -0.703. The fourth-order valence-electron chi connectivity index (χ4n) is 4.09. The molecule has 0 saturated carbocycles. The lowest BCUT2D eigenvalue weighted by atomic mass is 10.0. The molecule has 1 N–H and O–H groups in total. The van der Waals surface area contributed by atoms with Crippen molar-refractivity contribution in [2.24, 2.45) is 0 Å². The van der Waals surface area contributed by atoms with Gasteiger partial charge in [-0.05, 0) is 12.8 Å². The van der Waals surface area contributed by atoms with E-state index in [0.717, 1.165) is 19.5 Å². The lowest BCUT2D eigenvalue weighted by Crippen LogP contribution is -2.36. The molecule has 0 fully saturated rings. The Hall–Kier alpha value is -0.830. The molecule has 0 aliphatic carbocycles. The van der Waals surface area contributed by atoms with Gasteiger partial charge in [0, 0.05) is 20.0 Å². The Bertz CT molecular complexity index is 455. The molecule has 0 spiro atoms. The Balaban J connectivity index is 1.84. The van der Waals surface area contributed by atoms with Gasteiger partial charge >= 0.3 is 0 Å². The molecule has 0 unspecified atom stereocenters. The van der Waals surface area contributed by atoms with Gasteiger partial charge in [-0.25, -0.2) is 9.13 Å². The number of unbranched alkanes of at least 4 members (excludes halogenated alkanes) is 15. The van der Waals surface area contributed by atoms with Gasteiger partial charge in [-0.1, -0.05) is 96.8 Å². The van der Waals surface area contributed by atoms with E-state index in [1.54, 1.807) is 0 Å². The third-order valence-corrected chi connectivity index (χ3v) is 6.07. The van der Waals surface area contributed by atoms with Crippen LogP contribution in [0.25, 0.3) is 0 Å². The van der Waals surface area contributed by atoms with Crippen LogP contribution in [-0.4, -0.2) is 16.3 Å². The molecule has 0 atom stereocenters. The molecule has 3 heteroatoms. The molecule has 0 amide bonds. The van der Waals surface area contributed by atoms with Crippen LogP contribution in [0.15, 0.2) is 12.4 Å². The summed E-state index contributed by atoms with van der Waals surface area (Å²) in [6.45, 7) is 6.81. The second-order valence-electron chi connectivity index (χ2n) is 8.61. The maximum atomic E-state index is 8.96. The molecule has 1 rings (SSSR count). The topological polar surface area (TPSA) is 29.0 Å². The van der Waals surface area contributed by atoms with E-state index in [9.17, 15) is 0 Å². The van der Waals surface area contributed by atoms with Crippen LogP contribution < -0.4 is 4.57 Å². The first-order chi connectivity index (χ1) is 13.8. The number of aromatic nitrogens is 2. The quantitative estimate of drug-likeness (QED) is 0.193. The molecule has 1 aromatic rings. The van der Waals surface area contributed by atoms with E-state index in [4.69, 9.17) is 5.11 Å². The van der Waals surface area contributed by atoms with Gasteiger partial charge in [0.15, 0.2) is 0 Å². The minimum atomic E-state index is 0.275. The minimum absolute atomic E-state index is 0.275. The van der Waals surface area contributed by atoms with E-state index < -0.39 is 0 Å². The third kappa shape index (κ3) is 12.6. The molecule has 1 aromatic heterocycles. The average Bonchev–Trinajstić information content (AvgIpc) is 3.05. The van der Waals surface area contributed by atoms with Gasteiger partial charge in [0.2, 0.25) is 0 Å². The predicted molar refractivity (Wildman–Crippen MR) is 121 cm³/mol. The van der Waals surface area contributed by atoms with Crippen molar-refractivity contribution in [3.05, 3.63) is 18.2 Å². The maximum Gasteiger partial charge on any atom is 0.253 e. The van der Waals surface area contributed by atoms with Gasteiger partial charge in [0.25, 0.3) is 5.82 Å². The Morgan fingerprint density at radius 3 is 1.64 bits per heavy atom. The summed E-state index contributed by atoms with van der Waals surface area (Å²) in [5.41, 5.74) is 0. The smallest absolute Gasteiger partial charge is 0.253 e. The van der Waals surface area contributed by atoms with E-state index in [2.05, 4.69) is 35.4 Å². The highest BCUT2D eigenvalue weighted by Crippen LogP contribution is 2.14. The minimum Gasteiger partial charge on any atom is -0.396 e. The first-order valence-corrected chi connectivity index (χ1v) is 12.5. The molecule has 1 heterocycles. The maximum absolute atomic E-state index is 8.96. The van der Waals surface area contributed by atoms with Crippen molar-refractivity contribution in [3.63, 3.8) is 0 Å². The van der Waals surface area contributed by atoms with Gasteiger partial charge in [0.05, 0.1) is 13.1 Å². The van der Waals surface area contributed by atoms with Gasteiger partial charge < -0.3 is 5.11 Å². The molecule has 28 heavy (non-hydrogen) atoms. The fraction of sp³-hybridized carbons (Fsp3) is 0.880. The van der Waals surface area contributed by atoms with Crippen molar-refractivity contribution < 1.29 is 9.67 Å². The van der Waals surface area contributed by atoms with Crippen LogP contribution in [0.4, 0.5) is 0 Å². The van der Waals surface area contributed by atoms with Crippen LogP contribution in [0.3, 0.4) is 0 Å². The van der Waals surface area contributed by atoms with Crippen LogP contribution in [-0.2, 0) is 13.1 Å². The summed E-state index contributed by atoms with van der Waals surface area (Å²) in [6, 6.07) is 0. The summed E-state index contributed by atoms with van der Waals surface area (Å²) < 4.78 is 4.61. The number of nitrogens with zero attached hydrogens (tertiary/aromatic N) is 2. The Labute approximate surface area is 175 Å². The molecule has 0 bridgehead atoms. The van der Waals surface area contributed by atoms with Crippen LogP contribution in [0.5, 0.6) is 0 Å². The van der Waals surface area contributed by atoms with E-state index in [0.29, 0.717) is 0 Å². The Kier molecular flexibility index (Phi) is 16.4. The van der Waals surface area contributed by atoms with Gasteiger partial charge in [-0.2, -0.15) is 0 Å². The van der Waals surface area contributed by atoms with E-state index in [-0.39, 0.29) is 6.61 Å². The summed E-state index contributed by atoms with van der Waals surface area (Å²) in [5, 5.41) is 8.96. The van der Waals surface area contributed by atoms with E-state index in [1.807, 2.05) is 0 Å². The first kappa shape index (κ1) is 25.2. The van der Waals surface area contributed by atoms with Crippen molar-refractivity contribution in [2.45, 2.75) is 136 Å². The third-order valence-electron chi connectivity index (χ3n) is 6.07. The summed E-state index contributed by atoms with van der Waals surface area (Å²) >= 11 is 0. The van der Waals surface area contributed by atoms with Gasteiger partial charge in [-0.3, -0.25) is 0 Å². The predicted octanol–water partition coefficient (Wildman–Crippen LogP) is 6.73. The van der Waals surface area contributed by atoms with Crippen molar-refractivity contribution in [1.29, 1.82) is 0 Å². The number of hydrogen-bond donors (Lipinski definition) is 1. The summed E-state index contributed by atoms with van der Waals surface area (Å²) in [6.07, 6.45) is 28.0. The van der Waals surface area contributed by atoms with Crippen molar-refractivity contribution >= 4 is 0 Å². The van der Waals surface area contributed by atoms with Crippen molar-refractivity contribution in [2.75, 3.05) is 6.61 Å². The molecular formula is C25H49N2O+. The number of rotatable bonds is 20. The van der Waals surface area contributed by atoms with Gasteiger partial charge in [0.1, 0.15) is 12.4 Å². The number of imidazole rings is 1. The summed E-state index contributed by atoms with van der Waals surface area (Å²) in [7, 11) is 0. The highest BCUT2D eigenvalue weighted by atomic mass is 16.3. The Morgan fingerprint density at radius 1 is 0.714 bits per heavy atom. The second kappa shape index (κ2) is 18.2. The monoisotopic (exact) mass is 393 g/mol. The second-order valence-corrected chi connectivity index (χ2v) is 8.61. The molecule has 164 valence electrons. The van der Waals surface area contributed by atoms with E-state index >= 15 is 0 Å². The van der Waals surface area contributed by atoms with Crippen molar-refractivity contribution in [3.8, 4) is 0 Å². The molecule has 0 aliphatic rings. The normalized spacial score (nSPS) is 11.4. The fourth-order valence-corrected chi connectivity index (χ4v) is 4.09. The lowest BCUT2D eigenvalue weighted by Gasteiger charge is -2.04. The molecule has 0 radical (unpaired) electrons. The van der Waals surface area contributed by atoms with Crippen LogP contribution in [0.2, 0.25) is 0 Å². The van der Waals surface area contributed by atoms with Crippen LogP contribution in [0.1, 0.15) is 122 Å². The van der Waals surface area contributed by atoms with Gasteiger partial charge in [-0.15, -0.1) is 0 Å².